The van der Waals surface area contributed by atoms with Gasteiger partial charge >= 0.3 is 0 Å². The predicted octanol–water partition coefficient (Wildman–Crippen LogP) is 1.91. The van der Waals surface area contributed by atoms with Gasteiger partial charge in [0.1, 0.15) is 19.0 Å². The molecule has 0 saturated heterocycles. The molecule has 2 aromatic rings. The molecule has 0 fully saturated rings. The third-order valence-electron chi connectivity index (χ3n) is 3.25. The lowest BCUT2D eigenvalue weighted by Gasteiger charge is -2.20. The van der Waals surface area contributed by atoms with Crippen molar-refractivity contribution in [3.8, 4) is 17.2 Å². The predicted molar refractivity (Wildman–Crippen MR) is 74.3 cm³/mol. The molecule has 5 nitrogen and oxygen atoms in total. The Morgan fingerprint density at radius 2 is 1.90 bits per heavy atom. The summed E-state index contributed by atoms with van der Waals surface area (Å²) in [6.45, 7) is 1.14. The first-order chi connectivity index (χ1) is 9.78. The average Bonchev–Trinajstić information content (AvgIpc) is 2.53. The number of nitrogens with zero attached hydrogens (tertiary/aromatic N) is 1. The van der Waals surface area contributed by atoms with Crippen LogP contribution in [-0.2, 0) is 0 Å². The summed E-state index contributed by atoms with van der Waals surface area (Å²) < 4.78 is 16.2. The highest BCUT2D eigenvalue weighted by Crippen LogP contribution is 2.33. The van der Waals surface area contributed by atoms with Crippen molar-refractivity contribution in [3.63, 3.8) is 0 Å². The molecule has 104 valence electrons. The summed E-state index contributed by atoms with van der Waals surface area (Å²) in [5.41, 5.74) is 8.12. The lowest BCUT2D eigenvalue weighted by atomic mass is 10.0. The van der Waals surface area contributed by atoms with Gasteiger partial charge in [-0.25, -0.2) is 0 Å². The zero-order chi connectivity index (χ0) is 13.9. The van der Waals surface area contributed by atoms with Gasteiger partial charge in [0.15, 0.2) is 11.5 Å². The number of hydrogen-bond acceptors (Lipinski definition) is 5. The number of hydrogen-bond donors (Lipinski definition) is 1. The maximum Gasteiger partial charge on any atom is 0.161 e. The molecule has 0 amide bonds. The Balaban J connectivity index is 1.91. The van der Waals surface area contributed by atoms with Crippen LogP contribution in [0.2, 0.25) is 0 Å². The molecule has 1 unspecified atom stereocenters. The monoisotopic (exact) mass is 272 g/mol. The second-order valence-electron chi connectivity index (χ2n) is 4.54. The number of nitrogens with two attached hydrogens (primary N) is 1. The fraction of sp³-hybridized carbons (Fsp3) is 0.267. The third-order valence-corrected chi connectivity index (χ3v) is 3.25. The van der Waals surface area contributed by atoms with Crippen LogP contribution >= 0.6 is 0 Å². The van der Waals surface area contributed by atoms with Gasteiger partial charge in [0.2, 0.25) is 0 Å². The van der Waals surface area contributed by atoms with Crippen molar-refractivity contribution in [2.45, 2.75) is 6.04 Å². The summed E-state index contributed by atoms with van der Waals surface area (Å²) >= 11 is 0. The number of fused-ring (bicyclic) bond motifs is 1. The van der Waals surface area contributed by atoms with Crippen molar-refractivity contribution in [3.05, 3.63) is 47.8 Å². The number of methoxy groups -OCH3 is 1. The van der Waals surface area contributed by atoms with Crippen molar-refractivity contribution in [1.82, 2.24) is 4.98 Å². The van der Waals surface area contributed by atoms with Crippen LogP contribution < -0.4 is 19.9 Å². The van der Waals surface area contributed by atoms with Gasteiger partial charge in [-0.1, -0.05) is 6.07 Å². The minimum atomic E-state index is -0.284. The largest absolute Gasteiger partial charge is 0.495 e. The summed E-state index contributed by atoms with van der Waals surface area (Å²) in [4.78, 5) is 4.13. The molecule has 2 heterocycles. The fourth-order valence-electron chi connectivity index (χ4n) is 2.16. The molecule has 0 bridgehead atoms. The van der Waals surface area contributed by atoms with Crippen LogP contribution in [0.25, 0.3) is 0 Å². The summed E-state index contributed by atoms with van der Waals surface area (Å²) in [6, 6.07) is 7.34. The standard InChI is InChI=1S/C15H16N2O3/c1-18-12-6-11(8-17-9-12)15(16)10-2-3-13-14(7-10)20-5-4-19-13/h2-3,6-9,15H,4-5,16H2,1H3. The van der Waals surface area contributed by atoms with Crippen LogP contribution in [0.5, 0.6) is 17.2 Å². The van der Waals surface area contributed by atoms with Gasteiger partial charge in [-0.3, -0.25) is 4.98 Å². The van der Waals surface area contributed by atoms with Gasteiger partial charge in [0, 0.05) is 6.20 Å². The minimum absolute atomic E-state index is 0.284. The van der Waals surface area contributed by atoms with E-state index in [1.807, 2.05) is 24.3 Å². The Bertz CT molecular complexity index is 616. The smallest absolute Gasteiger partial charge is 0.161 e. The molecule has 0 saturated carbocycles. The van der Waals surface area contributed by atoms with Crippen LogP contribution in [-0.4, -0.2) is 25.3 Å². The van der Waals surface area contributed by atoms with Gasteiger partial charge < -0.3 is 19.9 Å². The highest BCUT2D eigenvalue weighted by atomic mass is 16.6. The second kappa shape index (κ2) is 5.38. The van der Waals surface area contributed by atoms with E-state index in [0.717, 1.165) is 22.6 Å². The van der Waals surface area contributed by atoms with Crippen LogP contribution in [0.4, 0.5) is 0 Å². The number of ether oxygens (including phenoxy) is 3. The van der Waals surface area contributed by atoms with Gasteiger partial charge in [-0.15, -0.1) is 0 Å². The lowest BCUT2D eigenvalue weighted by Crippen LogP contribution is -2.17. The first-order valence-corrected chi connectivity index (χ1v) is 6.42. The van der Waals surface area contributed by atoms with E-state index in [0.29, 0.717) is 19.0 Å². The van der Waals surface area contributed by atoms with Crippen LogP contribution in [0.15, 0.2) is 36.7 Å². The molecule has 1 aromatic heterocycles. The van der Waals surface area contributed by atoms with Gasteiger partial charge in [0.05, 0.1) is 19.3 Å². The van der Waals surface area contributed by atoms with E-state index in [9.17, 15) is 0 Å². The van der Waals surface area contributed by atoms with Crippen molar-refractivity contribution < 1.29 is 14.2 Å². The molecular weight excluding hydrogens is 256 g/mol. The zero-order valence-electron chi connectivity index (χ0n) is 11.2. The average molecular weight is 272 g/mol. The van der Waals surface area contributed by atoms with E-state index in [1.54, 1.807) is 19.5 Å². The van der Waals surface area contributed by atoms with E-state index in [2.05, 4.69) is 4.98 Å². The normalized spacial score (nSPS) is 14.7. The Morgan fingerprint density at radius 3 is 2.70 bits per heavy atom. The molecule has 5 heteroatoms. The summed E-state index contributed by atoms with van der Waals surface area (Å²) in [5, 5.41) is 0. The van der Waals surface area contributed by atoms with E-state index in [1.165, 1.54) is 0 Å². The van der Waals surface area contributed by atoms with E-state index < -0.39 is 0 Å². The molecular formula is C15H16N2O3. The topological polar surface area (TPSA) is 66.6 Å². The molecule has 3 rings (SSSR count). The van der Waals surface area contributed by atoms with Crippen molar-refractivity contribution in [1.29, 1.82) is 0 Å². The molecule has 0 spiro atoms. The Labute approximate surface area is 117 Å². The van der Waals surface area contributed by atoms with E-state index >= 15 is 0 Å². The Hall–Kier alpha value is -2.27. The molecule has 2 N–H and O–H groups in total. The second-order valence-corrected chi connectivity index (χ2v) is 4.54. The maximum atomic E-state index is 6.28. The third kappa shape index (κ3) is 2.40. The number of aromatic nitrogens is 1. The van der Waals surface area contributed by atoms with Crippen molar-refractivity contribution in [2.24, 2.45) is 5.73 Å². The summed E-state index contributed by atoms with van der Waals surface area (Å²) in [7, 11) is 1.61. The highest BCUT2D eigenvalue weighted by Gasteiger charge is 2.16. The van der Waals surface area contributed by atoms with Gasteiger partial charge in [-0.05, 0) is 29.3 Å². The lowest BCUT2D eigenvalue weighted by molar-refractivity contribution is 0.171. The molecule has 20 heavy (non-hydrogen) atoms. The van der Waals surface area contributed by atoms with Crippen LogP contribution in [0.1, 0.15) is 17.2 Å². The Morgan fingerprint density at radius 1 is 1.10 bits per heavy atom. The van der Waals surface area contributed by atoms with E-state index in [4.69, 9.17) is 19.9 Å². The maximum absolute atomic E-state index is 6.28. The summed E-state index contributed by atoms with van der Waals surface area (Å²) in [6.07, 6.45) is 3.39. The van der Waals surface area contributed by atoms with Crippen LogP contribution in [0, 0.1) is 0 Å². The Kier molecular flexibility index (Phi) is 3.43. The van der Waals surface area contributed by atoms with E-state index in [-0.39, 0.29) is 6.04 Å². The first-order valence-electron chi connectivity index (χ1n) is 6.42. The quantitative estimate of drug-likeness (QED) is 0.924. The van der Waals surface area contributed by atoms with Gasteiger partial charge in [0.25, 0.3) is 0 Å². The fourth-order valence-corrected chi connectivity index (χ4v) is 2.16. The molecule has 0 aliphatic carbocycles. The molecule has 1 aliphatic heterocycles. The molecule has 1 aromatic carbocycles. The molecule has 1 aliphatic rings. The number of rotatable bonds is 3. The number of benzene rings is 1. The summed E-state index contributed by atoms with van der Waals surface area (Å²) in [5.74, 6) is 2.19. The molecule has 0 radical (unpaired) electrons. The molecule has 1 atom stereocenters. The first kappa shape index (κ1) is 12.7. The van der Waals surface area contributed by atoms with Crippen molar-refractivity contribution in [2.75, 3.05) is 20.3 Å². The number of pyridine rings is 1. The zero-order valence-corrected chi connectivity index (χ0v) is 11.2. The highest BCUT2D eigenvalue weighted by molar-refractivity contribution is 5.46. The SMILES string of the molecule is COc1cncc(C(N)c2ccc3c(c2)OCCO3)c1. The van der Waals surface area contributed by atoms with Crippen LogP contribution in [0.3, 0.4) is 0 Å². The van der Waals surface area contributed by atoms with Gasteiger partial charge in [-0.2, -0.15) is 0 Å². The minimum Gasteiger partial charge on any atom is -0.495 e. The van der Waals surface area contributed by atoms with Crippen molar-refractivity contribution >= 4 is 0 Å².